The van der Waals surface area contributed by atoms with Crippen molar-refractivity contribution in [3.8, 4) is 0 Å². The third kappa shape index (κ3) is 9.91. The van der Waals surface area contributed by atoms with Crippen molar-refractivity contribution < 1.29 is 4.74 Å². The van der Waals surface area contributed by atoms with Crippen LogP contribution in [-0.2, 0) is 4.74 Å². The summed E-state index contributed by atoms with van der Waals surface area (Å²) in [6, 6.07) is 0.330. The first-order valence-electron chi connectivity index (χ1n) is 5.78. The van der Waals surface area contributed by atoms with Gasteiger partial charge in [-0.05, 0) is 26.3 Å². The summed E-state index contributed by atoms with van der Waals surface area (Å²) in [5.74, 6) is 0. The van der Waals surface area contributed by atoms with Crippen molar-refractivity contribution in [3.63, 3.8) is 0 Å². The molecule has 15 heavy (non-hydrogen) atoms. The van der Waals surface area contributed by atoms with Crippen LogP contribution >= 0.6 is 0 Å². The fourth-order valence-corrected chi connectivity index (χ4v) is 1.50. The third-order valence-electron chi connectivity index (χ3n) is 2.38. The molecule has 2 N–H and O–H groups in total. The molecule has 0 heterocycles. The van der Waals surface area contributed by atoms with Gasteiger partial charge < -0.3 is 10.5 Å². The van der Waals surface area contributed by atoms with Crippen LogP contribution in [0.3, 0.4) is 0 Å². The Morgan fingerprint density at radius 3 is 2.67 bits per heavy atom. The molecule has 0 fully saturated rings. The molecule has 0 saturated carbocycles. The van der Waals surface area contributed by atoms with Gasteiger partial charge >= 0.3 is 0 Å². The number of rotatable bonds is 10. The quantitative estimate of drug-likeness (QED) is 0.444. The molecule has 0 aliphatic carbocycles. The first-order chi connectivity index (χ1) is 7.20. The van der Waals surface area contributed by atoms with Crippen LogP contribution in [0.4, 0.5) is 0 Å². The van der Waals surface area contributed by atoms with Crippen molar-refractivity contribution in [1.82, 2.24) is 4.90 Å². The van der Waals surface area contributed by atoms with Crippen molar-refractivity contribution in [3.05, 3.63) is 12.7 Å². The molecule has 0 saturated heterocycles. The first kappa shape index (κ1) is 14.6. The molecule has 3 heteroatoms. The van der Waals surface area contributed by atoms with E-state index in [1.807, 2.05) is 6.08 Å². The molecule has 0 aliphatic rings. The SMILES string of the molecule is C=CCN(CCCCC(C)N)CCOC. The average Bonchev–Trinajstić information content (AvgIpc) is 2.20. The first-order valence-corrected chi connectivity index (χ1v) is 5.78. The summed E-state index contributed by atoms with van der Waals surface area (Å²) in [5, 5.41) is 0. The average molecular weight is 214 g/mol. The Labute approximate surface area is 94.3 Å². The van der Waals surface area contributed by atoms with Crippen LogP contribution in [0.2, 0.25) is 0 Å². The van der Waals surface area contributed by atoms with Gasteiger partial charge in [0.1, 0.15) is 0 Å². The van der Waals surface area contributed by atoms with E-state index in [0.29, 0.717) is 6.04 Å². The highest BCUT2D eigenvalue weighted by Gasteiger charge is 2.02. The Hall–Kier alpha value is -0.380. The maximum Gasteiger partial charge on any atom is 0.0589 e. The Balaban J connectivity index is 3.51. The van der Waals surface area contributed by atoms with E-state index in [1.165, 1.54) is 12.8 Å². The number of hydrogen-bond donors (Lipinski definition) is 1. The van der Waals surface area contributed by atoms with E-state index >= 15 is 0 Å². The summed E-state index contributed by atoms with van der Waals surface area (Å²) in [6.07, 6.45) is 5.48. The minimum atomic E-state index is 0.330. The number of nitrogens with two attached hydrogens (primary N) is 1. The topological polar surface area (TPSA) is 38.5 Å². The second-order valence-corrected chi connectivity index (χ2v) is 4.06. The molecule has 1 atom stereocenters. The number of unbranched alkanes of at least 4 members (excludes halogenated alkanes) is 1. The Bertz CT molecular complexity index is 149. The molecule has 0 aromatic rings. The van der Waals surface area contributed by atoms with Gasteiger partial charge in [-0.15, -0.1) is 6.58 Å². The number of nitrogens with zero attached hydrogens (tertiary/aromatic N) is 1. The van der Waals surface area contributed by atoms with Gasteiger partial charge in [0.25, 0.3) is 0 Å². The zero-order valence-electron chi connectivity index (χ0n) is 10.2. The molecule has 0 aromatic heterocycles. The number of ether oxygens (including phenoxy) is 1. The highest BCUT2D eigenvalue weighted by molar-refractivity contribution is 4.73. The number of methoxy groups -OCH3 is 1. The lowest BCUT2D eigenvalue weighted by Gasteiger charge is -2.20. The van der Waals surface area contributed by atoms with Crippen LogP contribution in [0.15, 0.2) is 12.7 Å². The van der Waals surface area contributed by atoms with Crippen molar-refractivity contribution in [1.29, 1.82) is 0 Å². The highest BCUT2D eigenvalue weighted by atomic mass is 16.5. The lowest BCUT2D eigenvalue weighted by atomic mass is 10.1. The summed E-state index contributed by atoms with van der Waals surface area (Å²) in [6.45, 7) is 9.66. The van der Waals surface area contributed by atoms with Gasteiger partial charge in [-0.1, -0.05) is 12.5 Å². The van der Waals surface area contributed by atoms with E-state index in [1.54, 1.807) is 7.11 Å². The zero-order valence-corrected chi connectivity index (χ0v) is 10.2. The minimum absolute atomic E-state index is 0.330. The second-order valence-electron chi connectivity index (χ2n) is 4.06. The monoisotopic (exact) mass is 214 g/mol. The largest absolute Gasteiger partial charge is 0.383 e. The Morgan fingerprint density at radius 2 is 2.13 bits per heavy atom. The molecule has 0 bridgehead atoms. The van der Waals surface area contributed by atoms with Crippen LogP contribution in [0.25, 0.3) is 0 Å². The van der Waals surface area contributed by atoms with E-state index < -0.39 is 0 Å². The molecule has 0 amide bonds. The summed E-state index contributed by atoms with van der Waals surface area (Å²) >= 11 is 0. The van der Waals surface area contributed by atoms with Gasteiger partial charge in [0.05, 0.1) is 6.61 Å². The van der Waals surface area contributed by atoms with Crippen molar-refractivity contribution in [2.45, 2.75) is 32.2 Å². The van der Waals surface area contributed by atoms with Crippen LogP contribution in [0.1, 0.15) is 26.2 Å². The van der Waals surface area contributed by atoms with Crippen molar-refractivity contribution >= 4 is 0 Å². The summed E-state index contributed by atoms with van der Waals surface area (Å²) in [5.41, 5.74) is 5.70. The van der Waals surface area contributed by atoms with Crippen LogP contribution < -0.4 is 5.73 Å². The predicted molar refractivity (Wildman–Crippen MR) is 66.0 cm³/mol. The predicted octanol–water partition coefficient (Wildman–Crippen LogP) is 1.64. The normalized spacial score (nSPS) is 13.1. The van der Waals surface area contributed by atoms with E-state index in [-0.39, 0.29) is 0 Å². The van der Waals surface area contributed by atoms with E-state index in [4.69, 9.17) is 10.5 Å². The molecule has 0 rings (SSSR count). The summed E-state index contributed by atoms with van der Waals surface area (Å²) in [4.78, 5) is 2.36. The Morgan fingerprint density at radius 1 is 1.40 bits per heavy atom. The van der Waals surface area contributed by atoms with Crippen molar-refractivity contribution in [2.24, 2.45) is 5.73 Å². The zero-order chi connectivity index (χ0) is 11.5. The van der Waals surface area contributed by atoms with Gasteiger partial charge in [0.2, 0.25) is 0 Å². The van der Waals surface area contributed by atoms with Crippen LogP contribution in [0.5, 0.6) is 0 Å². The van der Waals surface area contributed by atoms with E-state index in [2.05, 4.69) is 18.4 Å². The fourth-order valence-electron chi connectivity index (χ4n) is 1.50. The van der Waals surface area contributed by atoms with Gasteiger partial charge in [-0.25, -0.2) is 0 Å². The van der Waals surface area contributed by atoms with E-state index in [0.717, 1.165) is 32.7 Å². The van der Waals surface area contributed by atoms with Crippen molar-refractivity contribution in [2.75, 3.05) is 33.4 Å². The third-order valence-corrected chi connectivity index (χ3v) is 2.38. The van der Waals surface area contributed by atoms with Crippen LogP contribution in [0, 0.1) is 0 Å². The second kappa shape index (κ2) is 10.1. The maximum absolute atomic E-state index is 5.70. The smallest absolute Gasteiger partial charge is 0.0589 e. The van der Waals surface area contributed by atoms with Gasteiger partial charge in [-0.3, -0.25) is 4.90 Å². The highest BCUT2D eigenvalue weighted by Crippen LogP contribution is 2.01. The molecule has 0 aliphatic heterocycles. The van der Waals surface area contributed by atoms with Crippen LogP contribution in [-0.4, -0.2) is 44.3 Å². The Kier molecular flexibility index (Phi) is 9.89. The molecule has 0 aromatic carbocycles. The summed E-state index contributed by atoms with van der Waals surface area (Å²) in [7, 11) is 1.74. The molecule has 90 valence electrons. The fraction of sp³-hybridized carbons (Fsp3) is 0.833. The molecule has 1 unspecified atom stereocenters. The summed E-state index contributed by atoms with van der Waals surface area (Å²) < 4.78 is 5.07. The maximum atomic E-state index is 5.70. The minimum Gasteiger partial charge on any atom is -0.383 e. The lowest BCUT2D eigenvalue weighted by Crippen LogP contribution is -2.29. The molecule has 0 radical (unpaired) electrons. The van der Waals surface area contributed by atoms with Gasteiger partial charge in [-0.2, -0.15) is 0 Å². The van der Waals surface area contributed by atoms with Gasteiger partial charge in [0.15, 0.2) is 0 Å². The lowest BCUT2D eigenvalue weighted by molar-refractivity contribution is 0.153. The molecule has 3 nitrogen and oxygen atoms in total. The molecular weight excluding hydrogens is 188 g/mol. The van der Waals surface area contributed by atoms with Gasteiger partial charge in [0, 0.05) is 26.2 Å². The molecule has 0 spiro atoms. The van der Waals surface area contributed by atoms with E-state index in [9.17, 15) is 0 Å². The molecular formula is C12H26N2O. The standard InChI is InChI=1S/C12H26N2O/c1-4-8-14(10-11-15-3)9-6-5-7-12(2)13/h4,12H,1,5-11,13H2,2-3H3. The number of hydrogen-bond acceptors (Lipinski definition) is 3.